The van der Waals surface area contributed by atoms with E-state index in [4.69, 9.17) is 14.2 Å². The molecule has 0 spiro atoms. The van der Waals surface area contributed by atoms with E-state index in [2.05, 4.69) is 16.5 Å². The monoisotopic (exact) mass is 491 g/mol. The van der Waals surface area contributed by atoms with E-state index < -0.39 is 74.3 Å². The molecule has 11 nitrogen and oxygen atoms in total. The molecule has 4 aliphatic rings. The highest BCUT2D eigenvalue weighted by molar-refractivity contribution is 5.11. The Morgan fingerprint density at radius 1 is 0.941 bits per heavy atom. The van der Waals surface area contributed by atoms with Crippen molar-refractivity contribution < 1.29 is 54.3 Å². The maximum atomic E-state index is 10.8. The highest BCUT2D eigenvalue weighted by Crippen LogP contribution is 2.56. The lowest BCUT2D eigenvalue weighted by atomic mass is 9.91. The van der Waals surface area contributed by atoms with Crippen LogP contribution in [0.2, 0.25) is 0 Å². The molecule has 0 radical (unpaired) electrons. The summed E-state index contributed by atoms with van der Waals surface area (Å²) in [6, 6.07) is 0. The first-order valence-electron chi connectivity index (χ1n) is 12.3. The van der Waals surface area contributed by atoms with Gasteiger partial charge in [0.15, 0.2) is 24.6 Å². The van der Waals surface area contributed by atoms with Crippen molar-refractivity contribution in [2.75, 3.05) is 19.8 Å². The summed E-state index contributed by atoms with van der Waals surface area (Å²) in [4.78, 5) is 0. The van der Waals surface area contributed by atoms with Gasteiger partial charge in [-0.15, -0.1) is 0 Å². The average Bonchev–Trinajstić information content (AvgIpc) is 3.45. The van der Waals surface area contributed by atoms with E-state index in [1.165, 1.54) is 19.3 Å². The number of fused-ring (bicyclic) bond motifs is 1. The van der Waals surface area contributed by atoms with Crippen molar-refractivity contribution in [2.45, 2.75) is 106 Å². The predicted octanol–water partition coefficient (Wildman–Crippen LogP) is -1.58. The van der Waals surface area contributed by atoms with E-state index in [1.807, 2.05) is 0 Å². The molecular formula is C23H39O11+. The molecule has 0 aromatic carbocycles. The standard InChI is InChI=1S/C23H39O11/c24-11-14-16(26)20(29)23(30)22(33-14)34(23)19-15(12-25)32-21(18(28)17(19)27)31-10-6-2-5-9-13-7-3-1-4-8-13/h3,7,13-22,24-30H,1-2,4-6,8-12H2/q+1/t13-,14+,15+,16+,17+,18+,19+,20-,21+,22+,23+/m0/s1. The minimum atomic E-state index is -2.13. The molecule has 3 aliphatic heterocycles. The third kappa shape index (κ3) is 4.94. The Hall–Kier alpha value is -0.700. The Morgan fingerprint density at radius 3 is 2.38 bits per heavy atom. The van der Waals surface area contributed by atoms with Gasteiger partial charge in [-0.1, -0.05) is 25.0 Å². The van der Waals surface area contributed by atoms with Gasteiger partial charge in [0, 0.05) is 6.61 Å². The lowest BCUT2D eigenvalue weighted by molar-refractivity contribution is -0.343. The summed E-state index contributed by atoms with van der Waals surface area (Å²) in [5.41, 5.74) is 0. The SMILES string of the molecule is OC[C@H]1O[C@@H]2[O+]([C@H]3[C@H](O)[C@@H](O)[C@H](OCCCCC[C@H]4C=CCCC4)O[C@@H]3CO)[C@]2(O)[C@@H](O)[C@@H]1O. The number of hydrogen-bond donors (Lipinski definition) is 7. The van der Waals surface area contributed by atoms with E-state index in [9.17, 15) is 35.7 Å². The minimum Gasteiger partial charge on any atom is -0.394 e. The van der Waals surface area contributed by atoms with Gasteiger partial charge in [0.25, 0.3) is 0 Å². The van der Waals surface area contributed by atoms with Crippen LogP contribution < -0.4 is 0 Å². The number of ether oxygens (including phenoxy) is 3. The summed E-state index contributed by atoms with van der Waals surface area (Å²) in [5.74, 6) is -1.48. The summed E-state index contributed by atoms with van der Waals surface area (Å²) in [5, 5.41) is 71.9. The molecule has 34 heavy (non-hydrogen) atoms. The second-order valence-corrected chi connectivity index (χ2v) is 9.76. The van der Waals surface area contributed by atoms with Crippen LogP contribution in [-0.4, -0.2) is 117 Å². The van der Waals surface area contributed by atoms with Gasteiger partial charge in [-0.25, -0.2) is 0 Å². The quantitative estimate of drug-likeness (QED) is 0.0818. The Labute approximate surface area is 198 Å². The van der Waals surface area contributed by atoms with Gasteiger partial charge in [0.1, 0.15) is 18.3 Å². The summed E-state index contributed by atoms with van der Waals surface area (Å²) in [6.45, 7) is -0.854. The topological polar surface area (TPSA) is 172 Å². The van der Waals surface area contributed by atoms with Crippen molar-refractivity contribution >= 4 is 0 Å². The molecule has 3 fully saturated rings. The molecule has 11 heteroatoms. The van der Waals surface area contributed by atoms with Crippen LogP contribution in [0.4, 0.5) is 0 Å². The molecule has 4 rings (SSSR count). The van der Waals surface area contributed by atoms with Gasteiger partial charge >= 0.3 is 12.1 Å². The maximum Gasteiger partial charge on any atom is 0.408 e. The number of unbranched alkanes of at least 4 members (excludes halogenated alkanes) is 2. The zero-order valence-electron chi connectivity index (χ0n) is 19.3. The molecule has 3 saturated heterocycles. The molecule has 0 amide bonds. The number of epoxide rings is 1. The van der Waals surface area contributed by atoms with Gasteiger partial charge < -0.3 is 49.6 Å². The van der Waals surface area contributed by atoms with Crippen LogP contribution in [0.15, 0.2) is 12.2 Å². The fourth-order valence-corrected chi connectivity index (χ4v) is 5.41. The summed E-state index contributed by atoms with van der Waals surface area (Å²) >= 11 is 0. The van der Waals surface area contributed by atoms with E-state index in [0.29, 0.717) is 12.5 Å². The minimum absolute atomic E-state index is 0.313. The first kappa shape index (κ1) is 26.4. The summed E-state index contributed by atoms with van der Waals surface area (Å²) < 4.78 is 19.0. The predicted molar refractivity (Wildman–Crippen MR) is 116 cm³/mol. The second-order valence-electron chi connectivity index (χ2n) is 9.76. The average molecular weight is 492 g/mol. The molecule has 0 unspecified atom stereocenters. The molecule has 1 aliphatic carbocycles. The normalized spacial score (nSPS) is 46.9. The number of aliphatic hydroxyl groups excluding tert-OH is 6. The van der Waals surface area contributed by atoms with Crippen molar-refractivity contribution in [1.82, 2.24) is 0 Å². The number of aliphatic hydroxyl groups is 7. The molecule has 0 saturated carbocycles. The maximum absolute atomic E-state index is 10.8. The van der Waals surface area contributed by atoms with E-state index in [0.717, 1.165) is 25.7 Å². The third-order valence-corrected chi connectivity index (χ3v) is 7.46. The number of rotatable bonds is 10. The lowest BCUT2D eigenvalue weighted by Gasteiger charge is -2.40. The van der Waals surface area contributed by atoms with Crippen molar-refractivity contribution in [3.8, 4) is 0 Å². The van der Waals surface area contributed by atoms with Crippen LogP contribution in [0.5, 0.6) is 0 Å². The smallest absolute Gasteiger partial charge is 0.394 e. The van der Waals surface area contributed by atoms with Gasteiger partial charge in [-0.05, 0) is 38.0 Å². The first-order chi connectivity index (χ1) is 16.3. The van der Waals surface area contributed by atoms with Crippen LogP contribution in [0.25, 0.3) is 0 Å². The van der Waals surface area contributed by atoms with Crippen LogP contribution in [0.3, 0.4) is 0 Å². The molecule has 0 aromatic rings. The van der Waals surface area contributed by atoms with Crippen molar-refractivity contribution in [3.63, 3.8) is 0 Å². The second kappa shape index (κ2) is 11.1. The lowest BCUT2D eigenvalue weighted by Crippen LogP contribution is -2.61. The highest BCUT2D eigenvalue weighted by Gasteiger charge is 2.87. The summed E-state index contributed by atoms with van der Waals surface area (Å²) in [7, 11) is 0. The third-order valence-electron chi connectivity index (χ3n) is 7.46. The Morgan fingerprint density at radius 2 is 1.71 bits per heavy atom. The Balaban J connectivity index is 1.28. The van der Waals surface area contributed by atoms with Gasteiger partial charge in [-0.3, -0.25) is 4.74 Å². The molecule has 0 aromatic heterocycles. The molecule has 11 atom stereocenters. The zero-order valence-corrected chi connectivity index (χ0v) is 19.3. The summed E-state index contributed by atoms with van der Waals surface area (Å²) in [6.07, 6.45) is -0.0619. The van der Waals surface area contributed by atoms with Crippen molar-refractivity contribution in [1.29, 1.82) is 0 Å². The first-order valence-corrected chi connectivity index (χ1v) is 12.3. The van der Waals surface area contributed by atoms with Crippen molar-refractivity contribution in [2.24, 2.45) is 5.92 Å². The van der Waals surface area contributed by atoms with Gasteiger partial charge in [0.05, 0.1) is 13.2 Å². The van der Waals surface area contributed by atoms with E-state index in [-0.39, 0.29) is 0 Å². The zero-order chi connectivity index (χ0) is 24.5. The van der Waals surface area contributed by atoms with E-state index >= 15 is 0 Å². The highest BCUT2D eigenvalue weighted by atomic mass is 17.0. The largest absolute Gasteiger partial charge is 0.408 e. The fraction of sp³-hybridized carbons (Fsp3) is 0.913. The Kier molecular flexibility index (Phi) is 8.64. The molecule has 7 N–H and O–H groups in total. The molecule has 3 heterocycles. The van der Waals surface area contributed by atoms with Crippen LogP contribution in [-0.2, 0) is 18.6 Å². The number of hydrogen-bond acceptors (Lipinski definition) is 10. The number of allylic oxidation sites excluding steroid dienone is 2. The van der Waals surface area contributed by atoms with Crippen molar-refractivity contribution in [3.05, 3.63) is 12.2 Å². The molecule has 0 bridgehead atoms. The van der Waals surface area contributed by atoms with Gasteiger partial charge in [-0.2, -0.15) is 0 Å². The van der Waals surface area contributed by atoms with Gasteiger partial charge in [0.2, 0.25) is 6.10 Å². The fourth-order valence-electron chi connectivity index (χ4n) is 5.41. The van der Waals surface area contributed by atoms with E-state index in [1.54, 1.807) is 0 Å². The molecule has 196 valence electrons. The Bertz CT molecular complexity index is 690. The van der Waals surface area contributed by atoms with Crippen LogP contribution in [0, 0.1) is 5.92 Å². The molecular weight excluding hydrogens is 452 g/mol. The van der Waals surface area contributed by atoms with Crippen LogP contribution in [0.1, 0.15) is 44.9 Å². The van der Waals surface area contributed by atoms with Crippen LogP contribution >= 0.6 is 0 Å².